The minimum Gasteiger partial charge on any atom is -0.340 e. The van der Waals surface area contributed by atoms with E-state index in [1.807, 2.05) is 59.5 Å². The molecule has 1 aliphatic rings. The lowest BCUT2D eigenvalue weighted by Crippen LogP contribution is -2.47. The molecule has 0 N–H and O–H groups in total. The standard InChI is InChI=1S/C20H23BrN2O3S/c1-22(15-16-7-9-18(21)10-8-16)20(24)19(17-5-3-2-4-6-17)23-11-13-27(25,26)14-12-23/h2-10,19H,11-15H2,1H3. The number of likely N-dealkylation sites (N-methyl/N-ethyl adjacent to an activating group) is 1. The highest BCUT2D eigenvalue weighted by Crippen LogP contribution is 2.25. The van der Waals surface area contributed by atoms with E-state index in [0.717, 1.165) is 15.6 Å². The van der Waals surface area contributed by atoms with Crippen molar-refractivity contribution >= 4 is 31.7 Å². The normalized spacial score (nSPS) is 18.0. The fourth-order valence-electron chi connectivity index (χ4n) is 3.28. The van der Waals surface area contributed by atoms with Gasteiger partial charge in [0, 0.05) is 31.2 Å². The molecule has 2 aromatic rings. The summed E-state index contributed by atoms with van der Waals surface area (Å²) >= 11 is 3.42. The molecule has 0 spiro atoms. The number of benzene rings is 2. The number of sulfone groups is 1. The average molecular weight is 451 g/mol. The maximum absolute atomic E-state index is 13.3. The molecular weight excluding hydrogens is 428 g/mol. The predicted molar refractivity (Wildman–Crippen MR) is 110 cm³/mol. The number of carbonyl (C=O) groups is 1. The summed E-state index contributed by atoms with van der Waals surface area (Å²) in [6.45, 7) is 1.25. The zero-order chi connectivity index (χ0) is 19.4. The maximum atomic E-state index is 13.3. The van der Waals surface area contributed by atoms with Crippen LogP contribution in [0, 0.1) is 0 Å². The van der Waals surface area contributed by atoms with Crippen LogP contribution in [0.1, 0.15) is 17.2 Å². The molecule has 1 aliphatic heterocycles. The van der Waals surface area contributed by atoms with Gasteiger partial charge in [0.1, 0.15) is 6.04 Å². The van der Waals surface area contributed by atoms with Crippen molar-refractivity contribution in [3.05, 3.63) is 70.2 Å². The van der Waals surface area contributed by atoms with E-state index in [4.69, 9.17) is 0 Å². The first-order chi connectivity index (χ1) is 12.9. The maximum Gasteiger partial charge on any atom is 0.244 e. The van der Waals surface area contributed by atoms with Crippen LogP contribution in [0.2, 0.25) is 0 Å². The van der Waals surface area contributed by atoms with Gasteiger partial charge in [-0.05, 0) is 23.3 Å². The number of nitrogens with zero attached hydrogens (tertiary/aromatic N) is 2. The van der Waals surface area contributed by atoms with E-state index in [1.54, 1.807) is 11.9 Å². The van der Waals surface area contributed by atoms with Gasteiger partial charge in [0.15, 0.2) is 9.84 Å². The Bertz CT molecular complexity index is 871. The summed E-state index contributed by atoms with van der Waals surface area (Å²) in [5.74, 6) is 0.170. The second-order valence-corrected chi connectivity index (χ2v) is 10.0. The van der Waals surface area contributed by atoms with Crippen molar-refractivity contribution in [3.8, 4) is 0 Å². The smallest absolute Gasteiger partial charge is 0.244 e. The summed E-state index contributed by atoms with van der Waals surface area (Å²) in [5.41, 5.74) is 1.94. The average Bonchev–Trinajstić information content (AvgIpc) is 2.66. The molecule has 0 radical (unpaired) electrons. The third kappa shape index (κ3) is 5.18. The minimum atomic E-state index is -3.00. The van der Waals surface area contributed by atoms with Gasteiger partial charge in [0.2, 0.25) is 5.91 Å². The molecule has 0 bridgehead atoms. The van der Waals surface area contributed by atoms with Crippen molar-refractivity contribution in [2.24, 2.45) is 0 Å². The molecule has 144 valence electrons. The summed E-state index contributed by atoms with van der Waals surface area (Å²) in [7, 11) is -1.21. The molecule has 2 aromatic carbocycles. The number of halogens is 1. The van der Waals surface area contributed by atoms with E-state index in [2.05, 4.69) is 15.9 Å². The fraction of sp³-hybridized carbons (Fsp3) is 0.350. The van der Waals surface area contributed by atoms with Crippen molar-refractivity contribution in [2.45, 2.75) is 12.6 Å². The van der Waals surface area contributed by atoms with E-state index in [9.17, 15) is 13.2 Å². The molecule has 0 aliphatic carbocycles. The van der Waals surface area contributed by atoms with Gasteiger partial charge in [-0.25, -0.2) is 8.42 Å². The predicted octanol–water partition coefficient (Wildman–Crippen LogP) is 2.88. The van der Waals surface area contributed by atoms with Crippen molar-refractivity contribution in [1.29, 1.82) is 0 Å². The minimum absolute atomic E-state index is 0.0246. The molecule has 7 heteroatoms. The van der Waals surface area contributed by atoms with Crippen molar-refractivity contribution in [3.63, 3.8) is 0 Å². The zero-order valence-electron chi connectivity index (χ0n) is 15.2. The third-order valence-corrected chi connectivity index (χ3v) is 6.94. The summed E-state index contributed by atoms with van der Waals surface area (Å²) in [5, 5.41) is 0. The van der Waals surface area contributed by atoms with E-state index in [0.29, 0.717) is 19.6 Å². The molecule has 1 fully saturated rings. The van der Waals surface area contributed by atoms with Gasteiger partial charge in [0.25, 0.3) is 0 Å². The van der Waals surface area contributed by atoms with Gasteiger partial charge in [-0.3, -0.25) is 9.69 Å². The summed E-state index contributed by atoms with van der Waals surface area (Å²) in [6.07, 6.45) is 0. The number of carbonyl (C=O) groups excluding carboxylic acids is 1. The fourth-order valence-corrected chi connectivity index (χ4v) is 4.77. The molecule has 5 nitrogen and oxygen atoms in total. The Morgan fingerprint density at radius 3 is 2.26 bits per heavy atom. The lowest BCUT2D eigenvalue weighted by molar-refractivity contribution is -0.136. The molecule has 0 saturated carbocycles. The quantitative estimate of drug-likeness (QED) is 0.702. The second kappa shape index (κ2) is 8.54. The molecule has 1 saturated heterocycles. The molecule has 0 aromatic heterocycles. The monoisotopic (exact) mass is 450 g/mol. The highest BCUT2D eigenvalue weighted by atomic mass is 79.9. The Morgan fingerprint density at radius 2 is 1.67 bits per heavy atom. The Morgan fingerprint density at radius 1 is 1.07 bits per heavy atom. The van der Waals surface area contributed by atoms with Gasteiger partial charge in [0.05, 0.1) is 11.5 Å². The number of rotatable bonds is 5. The molecule has 1 heterocycles. The first-order valence-corrected chi connectivity index (χ1v) is 11.5. The number of hydrogen-bond acceptors (Lipinski definition) is 4. The van der Waals surface area contributed by atoms with Crippen LogP contribution in [0.25, 0.3) is 0 Å². The second-order valence-electron chi connectivity index (χ2n) is 6.82. The SMILES string of the molecule is CN(Cc1ccc(Br)cc1)C(=O)C(c1ccccc1)N1CCS(=O)(=O)CC1. The van der Waals surface area contributed by atoms with Crippen LogP contribution in [0.3, 0.4) is 0 Å². The van der Waals surface area contributed by atoms with E-state index in [-0.39, 0.29) is 17.4 Å². The van der Waals surface area contributed by atoms with Gasteiger partial charge in [-0.15, -0.1) is 0 Å². The van der Waals surface area contributed by atoms with Crippen LogP contribution in [0.15, 0.2) is 59.1 Å². The van der Waals surface area contributed by atoms with Crippen molar-refractivity contribution in [2.75, 3.05) is 31.6 Å². The third-order valence-electron chi connectivity index (χ3n) is 4.80. The molecule has 27 heavy (non-hydrogen) atoms. The van der Waals surface area contributed by atoms with Gasteiger partial charge >= 0.3 is 0 Å². The van der Waals surface area contributed by atoms with Crippen LogP contribution in [0.5, 0.6) is 0 Å². The van der Waals surface area contributed by atoms with Crippen LogP contribution in [-0.4, -0.2) is 55.8 Å². The van der Waals surface area contributed by atoms with Gasteiger partial charge in [-0.2, -0.15) is 0 Å². The highest BCUT2D eigenvalue weighted by molar-refractivity contribution is 9.10. The summed E-state index contributed by atoms with van der Waals surface area (Å²) in [4.78, 5) is 17.0. The molecule has 3 rings (SSSR count). The molecule has 1 unspecified atom stereocenters. The Kier molecular flexibility index (Phi) is 6.34. The topological polar surface area (TPSA) is 57.7 Å². The summed E-state index contributed by atoms with van der Waals surface area (Å²) in [6, 6.07) is 17.0. The first-order valence-electron chi connectivity index (χ1n) is 8.84. The Hall–Kier alpha value is -1.70. The lowest BCUT2D eigenvalue weighted by atomic mass is 10.0. The highest BCUT2D eigenvalue weighted by Gasteiger charge is 2.33. The number of amides is 1. The lowest BCUT2D eigenvalue weighted by Gasteiger charge is -2.35. The molecule has 1 amide bonds. The van der Waals surface area contributed by atoms with Gasteiger partial charge in [-0.1, -0.05) is 58.4 Å². The van der Waals surface area contributed by atoms with Crippen LogP contribution in [-0.2, 0) is 21.2 Å². The first kappa shape index (κ1) is 20.0. The largest absolute Gasteiger partial charge is 0.340 e. The van der Waals surface area contributed by atoms with Crippen LogP contribution in [0.4, 0.5) is 0 Å². The zero-order valence-corrected chi connectivity index (χ0v) is 17.6. The Balaban J connectivity index is 1.81. The van der Waals surface area contributed by atoms with Crippen molar-refractivity contribution in [1.82, 2.24) is 9.80 Å². The number of hydrogen-bond donors (Lipinski definition) is 0. The Labute approximate surface area is 169 Å². The van der Waals surface area contributed by atoms with Crippen LogP contribution < -0.4 is 0 Å². The van der Waals surface area contributed by atoms with Gasteiger partial charge < -0.3 is 4.90 Å². The van der Waals surface area contributed by atoms with Crippen LogP contribution >= 0.6 is 15.9 Å². The molecular formula is C20H23BrN2O3S. The molecule has 1 atom stereocenters. The van der Waals surface area contributed by atoms with E-state index < -0.39 is 15.9 Å². The van der Waals surface area contributed by atoms with E-state index >= 15 is 0 Å². The van der Waals surface area contributed by atoms with E-state index in [1.165, 1.54) is 0 Å². The summed E-state index contributed by atoms with van der Waals surface area (Å²) < 4.78 is 24.6. The van der Waals surface area contributed by atoms with Crippen molar-refractivity contribution < 1.29 is 13.2 Å².